The maximum atomic E-state index is 10.9. The van der Waals surface area contributed by atoms with Crippen molar-refractivity contribution in [1.82, 2.24) is 0 Å². The predicted octanol–water partition coefficient (Wildman–Crippen LogP) is 4.32. The van der Waals surface area contributed by atoms with Crippen molar-refractivity contribution in [2.75, 3.05) is 7.11 Å². The minimum atomic E-state index is -0.960. The number of furan rings is 1. The second-order valence-electron chi connectivity index (χ2n) is 5.38. The number of benzene rings is 2. The summed E-state index contributed by atoms with van der Waals surface area (Å²) >= 11 is 0. The van der Waals surface area contributed by atoms with E-state index in [4.69, 9.17) is 19.0 Å². The summed E-state index contributed by atoms with van der Waals surface area (Å²) in [7, 11) is 1.57. The van der Waals surface area contributed by atoms with E-state index in [1.54, 1.807) is 62.1 Å². The van der Waals surface area contributed by atoms with E-state index in [0.717, 1.165) is 11.1 Å². The molecule has 2 aromatic carbocycles. The van der Waals surface area contributed by atoms with Crippen molar-refractivity contribution in [2.24, 2.45) is 4.99 Å². The standard InChI is InChI=1S/C20H17NO5/c1-24-17-5-2-4-16(12-21-18-6-3-11-25-18)19(17)26-13-14-7-9-15(10-8-14)20(22)23/h2-12H,13H2,1H3,(H,22,23). The first kappa shape index (κ1) is 17.3. The van der Waals surface area contributed by atoms with Crippen LogP contribution in [-0.2, 0) is 6.61 Å². The van der Waals surface area contributed by atoms with Crippen LogP contribution in [0.2, 0.25) is 0 Å². The van der Waals surface area contributed by atoms with Gasteiger partial charge in [-0.2, -0.15) is 0 Å². The molecule has 0 radical (unpaired) electrons. The van der Waals surface area contributed by atoms with Crippen LogP contribution in [0.3, 0.4) is 0 Å². The summed E-state index contributed by atoms with van der Waals surface area (Å²) in [5, 5.41) is 8.96. The number of nitrogens with zero attached hydrogens (tertiary/aromatic N) is 1. The van der Waals surface area contributed by atoms with E-state index < -0.39 is 5.97 Å². The molecule has 0 aliphatic heterocycles. The lowest BCUT2D eigenvalue weighted by molar-refractivity contribution is 0.0697. The SMILES string of the molecule is COc1cccc(C=Nc2ccco2)c1OCc1ccc(C(=O)O)cc1. The van der Waals surface area contributed by atoms with Crippen LogP contribution in [0.4, 0.5) is 5.88 Å². The number of methoxy groups -OCH3 is 1. The largest absolute Gasteiger partial charge is 0.493 e. The molecule has 0 fully saturated rings. The van der Waals surface area contributed by atoms with Crippen LogP contribution < -0.4 is 9.47 Å². The quantitative estimate of drug-likeness (QED) is 0.641. The summed E-state index contributed by atoms with van der Waals surface area (Å²) in [4.78, 5) is 15.2. The van der Waals surface area contributed by atoms with E-state index in [-0.39, 0.29) is 12.2 Å². The molecule has 26 heavy (non-hydrogen) atoms. The average Bonchev–Trinajstić information content (AvgIpc) is 3.18. The molecule has 0 saturated carbocycles. The van der Waals surface area contributed by atoms with Gasteiger partial charge < -0.3 is 19.0 Å². The molecule has 1 aromatic heterocycles. The maximum Gasteiger partial charge on any atom is 0.335 e. The van der Waals surface area contributed by atoms with Crippen molar-refractivity contribution in [2.45, 2.75) is 6.61 Å². The summed E-state index contributed by atoms with van der Waals surface area (Å²) in [6.07, 6.45) is 3.20. The summed E-state index contributed by atoms with van der Waals surface area (Å²) in [6, 6.07) is 15.5. The first-order valence-electron chi connectivity index (χ1n) is 7.87. The van der Waals surface area contributed by atoms with E-state index in [1.807, 2.05) is 12.1 Å². The van der Waals surface area contributed by atoms with Gasteiger partial charge in [-0.1, -0.05) is 18.2 Å². The normalized spacial score (nSPS) is 10.8. The van der Waals surface area contributed by atoms with Crippen LogP contribution in [0.1, 0.15) is 21.5 Å². The molecule has 0 amide bonds. The second-order valence-corrected chi connectivity index (χ2v) is 5.38. The molecule has 3 rings (SSSR count). The van der Waals surface area contributed by atoms with E-state index in [2.05, 4.69) is 4.99 Å². The van der Waals surface area contributed by atoms with E-state index in [1.165, 1.54) is 0 Å². The highest BCUT2D eigenvalue weighted by atomic mass is 16.5. The van der Waals surface area contributed by atoms with Gasteiger partial charge in [0, 0.05) is 17.8 Å². The van der Waals surface area contributed by atoms with Gasteiger partial charge in [-0.3, -0.25) is 0 Å². The van der Waals surface area contributed by atoms with Crippen molar-refractivity contribution in [1.29, 1.82) is 0 Å². The molecule has 0 atom stereocenters. The average molecular weight is 351 g/mol. The van der Waals surface area contributed by atoms with Gasteiger partial charge >= 0.3 is 5.97 Å². The molecule has 0 aliphatic rings. The molecule has 0 aliphatic carbocycles. The number of hydrogen-bond donors (Lipinski definition) is 1. The molecule has 132 valence electrons. The Balaban J connectivity index is 1.80. The number of aliphatic imine (C=N–C) groups is 1. The topological polar surface area (TPSA) is 81.3 Å². The molecule has 0 saturated heterocycles. The Morgan fingerprint density at radius 2 is 1.96 bits per heavy atom. The lowest BCUT2D eigenvalue weighted by Crippen LogP contribution is -2.02. The summed E-state index contributed by atoms with van der Waals surface area (Å²) in [6.45, 7) is 0.266. The maximum absolute atomic E-state index is 10.9. The number of carboxylic acid groups (broad SMARTS) is 1. The molecular formula is C20H17NO5. The smallest absolute Gasteiger partial charge is 0.335 e. The van der Waals surface area contributed by atoms with Gasteiger partial charge in [-0.15, -0.1) is 0 Å². The van der Waals surface area contributed by atoms with E-state index in [0.29, 0.717) is 17.4 Å². The van der Waals surface area contributed by atoms with Crippen LogP contribution in [0, 0.1) is 0 Å². The second kappa shape index (κ2) is 8.02. The molecule has 3 aromatic rings. The Kier molecular flexibility index (Phi) is 5.34. The van der Waals surface area contributed by atoms with Gasteiger partial charge in [0.15, 0.2) is 11.5 Å². The number of ether oxygens (including phenoxy) is 2. The van der Waals surface area contributed by atoms with Crippen molar-refractivity contribution in [3.05, 3.63) is 77.6 Å². The zero-order chi connectivity index (χ0) is 18.4. The van der Waals surface area contributed by atoms with Crippen molar-refractivity contribution >= 4 is 18.1 Å². The third-order valence-corrected chi connectivity index (χ3v) is 3.65. The van der Waals surface area contributed by atoms with Crippen LogP contribution >= 0.6 is 0 Å². The van der Waals surface area contributed by atoms with Gasteiger partial charge in [-0.25, -0.2) is 9.79 Å². The minimum Gasteiger partial charge on any atom is -0.493 e. The monoisotopic (exact) mass is 351 g/mol. The zero-order valence-electron chi connectivity index (χ0n) is 14.1. The van der Waals surface area contributed by atoms with Crippen LogP contribution in [0.5, 0.6) is 11.5 Å². The Morgan fingerprint density at radius 1 is 1.15 bits per heavy atom. The Bertz CT molecular complexity index is 898. The lowest BCUT2D eigenvalue weighted by atomic mass is 10.1. The Labute approximate surface area is 150 Å². The van der Waals surface area contributed by atoms with Crippen LogP contribution in [0.25, 0.3) is 0 Å². The minimum absolute atomic E-state index is 0.234. The van der Waals surface area contributed by atoms with Crippen LogP contribution in [-0.4, -0.2) is 24.4 Å². The molecular weight excluding hydrogens is 334 g/mol. The molecule has 6 nitrogen and oxygen atoms in total. The lowest BCUT2D eigenvalue weighted by Gasteiger charge is -2.13. The first-order chi connectivity index (χ1) is 12.7. The Hall–Kier alpha value is -3.54. The highest BCUT2D eigenvalue weighted by Crippen LogP contribution is 2.31. The third kappa shape index (κ3) is 4.10. The van der Waals surface area contributed by atoms with Crippen molar-refractivity contribution in [3.63, 3.8) is 0 Å². The zero-order valence-corrected chi connectivity index (χ0v) is 14.1. The highest BCUT2D eigenvalue weighted by Gasteiger charge is 2.10. The number of hydrogen-bond acceptors (Lipinski definition) is 5. The third-order valence-electron chi connectivity index (χ3n) is 3.65. The number of rotatable bonds is 7. The van der Waals surface area contributed by atoms with E-state index >= 15 is 0 Å². The van der Waals surface area contributed by atoms with Gasteiger partial charge in [0.1, 0.15) is 6.61 Å². The number of para-hydroxylation sites is 1. The number of carbonyl (C=O) groups is 1. The predicted molar refractivity (Wildman–Crippen MR) is 96.7 cm³/mol. The van der Waals surface area contributed by atoms with Crippen molar-refractivity contribution < 1.29 is 23.8 Å². The fraction of sp³-hybridized carbons (Fsp3) is 0.100. The fourth-order valence-electron chi connectivity index (χ4n) is 2.33. The molecule has 1 heterocycles. The molecule has 1 N–H and O–H groups in total. The molecule has 0 unspecified atom stereocenters. The molecule has 6 heteroatoms. The number of aromatic carboxylic acids is 1. The first-order valence-corrected chi connectivity index (χ1v) is 7.87. The van der Waals surface area contributed by atoms with E-state index in [9.17, 15) is 4.79 Å². The summed E-state index contributed by atoms with van der Waals surface area (Å²) < 4.78 is 16.5. The Morgan fingerprint density at radius 3 is 2.62 bits per heavy atom. The van der Waals surface area contributed by atoms with Gasteiger partial charge in [0.05, 0.1) is 18.9 Å². The fourth-order valence-corrected chi connectivity index (χ4v) is 2.33. The van der Waals surface area contributed by atoms with Gasteiger partial charge in [0.2, 0.25) is 5.88 Å². The van der Waals surface area contributed by atoms with Gasteiger partial charge in [0.25, 0.3) is 0 Å². The van der Waals surface area contributed by atoms with Gasteiger partial charge in [-0.05, 0) is 35.9 Å². The van der Waals surface area contributed by atoms with Crippen LogP contribution in [0.15, 0.2) is 70.3 Å². The van der Waals surface area contributed by atoms with Crippen molar-refractivity contribution in [3.8, 4) is 11.5 Å². The molecule has 0 spiro atoms. The molecule has 0 bridgehead atoms. The summed E-state index contributed by atoms with van der Waals surface area (Å²) in [5.41, 5.74) is 1.81. The highest BCUT2D eigenvalue weighted by molar-refractivity contribution is 5.87. The number of carboxylic acids is 1. The summed E-state index contributed by atoms with van der Waals surface area (Å²) in [5.74, 6) is 0.657.